The fourth-order valence-corrected chi connectivity index (χ4v) is 6.67. The van der Waals surface area contributed by atoms with Gasteiger partial charge < -0.3 is 10.6 Å². The summed E-state index contributed by atoms with van der Waals surface area (Å²) in [5.41, 5.74) is 5.27. The first-order valence-corrected chi connectivity index (χ1v) is 14.8. The van der Waals surface area contributed by atoms with Gasteiger partial charge >= 0.3 is 0 Å². The quantitative estimate of drug-likeness (QED) is 0.526. The van der Waals surface area contributed by atoms with E-state index in [9.17, 15) is 0 Å². The zero-order valence-corrected chi connectivity index (χ0v) is 24.4. The average molecular weight is 549 g/mol. The van der Waals surface area contributed by atoms with Crippen molar-refractivity contribution in [2.24, 2.45) is 21.8 Å². The van der Waals surface area contributed by atoms with Gasteiger partial charge in [0.1, 0.15) is 11.7 Å². The van der Waals surface area contributed by atoms with E-state index in [-0.39, 0.29) is 12.4 Å². The molecule has 4 aliphatic rings. The molecule has 0 aromatic heterocycles. The first kappa shape index (κ1) is 28.1. The lowest BCUT2D eigenvalue weighted by Gasteiger charge is -2.40. The monoisotopic (exact) mass is 548 g/mol. The third kappa shape index (κ3) is 7.03. The van der Waals surface area contributed by atoms with Crippen LogP contribution in [0.2, 0.25) is 0 Å². The molecule has 0 radical (unpaired) electrons. The number of likely N-dealkylation sites (tertiary alicyclic amines) is 2. The lowest BCUT2D eigenvalue weighted by Crippen LogP contribution is -2.40. The molecule has 2 atom stereocenters. The van der Waals surface area contributed by atoms with Crippen LogP contribution in [0.25, 0.3) is 0 Å². The van der Waals surface area contributed by atoms with E-state index in [4.69, 9.17) is 0 Å². The van der Waals surface area contributed by atoms with Crippen molar-refractivity contribution in [2.75, 3.05) is 39.3 Å². The van der Waals surface area contributed by atoms with Gasteiger partial charge in [-0.05, 0) is 88.7 Å². The fraction of sp³-hybridized carbons (Fsp3) is 0.562. The van der Waals surface area contributed by atoms with Crippen LogP contribution in [0.15, 0.2) is 58.5 Å². The van der Waals surface area contributed by atoms with Crippen LogP contribution in [0, 0.1) is 11.8 Å². The first-order valence-electron chi connectivity index (χ1n) is 14.8. The van der Waals surface area contributed by atoms with Crippen LogP contribution in [-0.2, 0) is 13.1 Å². The number of piperidine rings is 2. The highest BCUT2D eigenvalue weighted by Gasteiger charge is 2.29. The normalized spacial score (nSPS) is 25.0. The second kappa shape index (κ2) is 12.8. The molecule has 2 fully saturated rings. The Morgan fingerprint density at radius 3 is 1.28 bits per heavy atom. The lowest BCUT2D eigenvalue weighted by molar-refractivity contribution is 0.0910. The average Bonchev–Trinajstić information content (AvgIpc) is 3.59. The topological polar surface area (TPSA) is 55.3 Å². The number of rotatable bonds is 7. The summed E-state index contributed by atoms with van der Waals surface area (Å²) in [6, 6.07) is 19.0. The predicted molar refractivity (Wildman–Crippen MR) is 164 cm³/mol. The number of hydrogen-bond donors (Lipinski definition) is 2. The highest BCUT2D eigenvalue weighted by Crippen LogP contribution is 2.33. The van der Waals surface area contributed by atoms with Crippen molar-refractivity contribution in [3.05, 3.63) is 70.8 Å². The minimum absolute atomic E-state index is 0. The molecule has 39 heavy (non-hydrogen) atoms. The third-order valence-corrected chi connectivity index (χ3v) is 9.01. The van der Waals surface area contributed by atoms with E-state index in [1.165, 1.54) is 74.1 Å². The Labute approximate surface area is 240 Å². The molecule has 0 saturated carbocycles. The van der Waals surface area contributed by atoms with E-state index in [1.54, 1.807) is 0 Å². The van der Waals surface area contributed by atoms with Crippen molar-refractivity contribution < 1.29 is 0 Å². The molecule has 6 nitrogen and oxygen atoms in total. The van der Waals surface area contributed by atoms with Crippen LogP contribution in [0.1, 0.15) is 61.8 Å². The molecule has 0 aliphatic carbocycles. The van der Waals surface area contributed by atoms with E-state index in [2.05, 4.69) is 92.8 Å². The van der Waals surface area contributed by atoms with Crippen LogP contribution in [0.4, 0.5) is 0 Å². The maximum atomic E-state index is 4.62. The Bertz CT molecular complexity index is 1040. The Morgan fingerprint density at radius 1 is 0.615 bits per heavy atom. The molecular formula is C32H45ClN6. The van der Waals surface area contributed by atoms with Gasteiger partial charge in [0.2, 0.25) is 0 Å². The van der Waals surface area contributed by atoms with E-state index in [0.29, 0.717) is 12.1 Å². The van der Waals surface area contributed by atoms with E-state index >= 15 is 0 Å². The molecule has 0 amide bonds. The van der Waals surface area contributed by atoms with Gasteiger partial charge in [-0.15, -0.1) is 12.4 Å². The van der Waals surface area contributed by atoms with Crippen LogP contribution in [-0.4, -0.2) is 72.8 Å². The smallest absolute Gasteiger partial charge is 0.128 e. The predicted octanol–water partition coefficient (Wildman–Crippen LogP) is 4.71. The second-order valence-corrected chi connectivity index (χ2v) is 12.1. The minimum atomic E-state index is 0. The summed E-state index contributed by atoms with van der Waals surface area (Å²) in [6.07, 6.45) is 5.44. The van der Waals surface area contributed by atoms with Crippen molar-refractivity contribution in [1.82, 2.24) is 20.4 Å². The Kier molecular flexibility index (Phi) is 9.26. The number of nitrogens with zero attached hydrogens (tertiary/aromatic N) is 4. The Morgan fingerprint density at radius 2 is 0.974 bits per heavy atom. The Balaban J connectivity index is 0.00000308. The van der Waals surface area contributed by atoms with Gasteiger partial charge in [-0.25, -0.2) is 0 Å². The molecule has 2 N–H and O–H groups in total. The molecule has 4 aliphatic heterocycles. The fourth-order valence-electron chi connectivity index (χ4n) is 6.67. The van der Waals surface area contributed by atoms with Crippen LogP contribution in [0.3, 0.4) is 0 Å². The minimum Gasteiger partial charge on any atom is -0.366 e. The van der Waals surface area contributed by atoms with Crippen LogP contribution < -0.4 is 10.6 Å². The summed E-state index contributed by atoms with van der Waals surface area (Å²) in [7, 11) is 0. The zero-order chi connectivity index (χ0) is 25.9. The van der Waals surface area contributed by atoms with Crippen LogP contribution >= 0.6 is 12.4 Å². The molecule has 2 aromatic carbocycles. The summed E-state index contributed by atoms with van der Waals surface area (Å²) in [6.45, 7) is 13.2. The number of hydrogen-bond acceptors (Lipinski definition) is 6. The molecule has 0 bridgehead atoms. The van der Waals surface area contributed by atoms with Crippen molar-refractivity contribution in [1.29, 1.82) is 0 Å². The molecule has 210 valence electrons. The number of halogens is 1. The maximum absolute atomic E-state index is 4.62. The Hall–Kier alpha value is -2.41. The SMILES string of the molecule is CC1CN=C(c2ccc(CN3CCC(C4CCN(Cc5ccc(C6=NCC(C)N6)cc5)CC4)CC3)cc2)N1.Cl. The molecule has 0 spiro atoms. The third-order valence-electron chi connectivity index (χ3n) is 9.01. The van der Waals surface area contributed by atoms with Gasteiger partial charge in [0.15, 0.2) is 0 Å². The van der Waals surface area contributed by atoms with E-state index < -0.39 is 0 Å². The summed E-state index contributed by atoms with van der Waals surface area (Å²) in [5.74, 6) is 3.92. The summed E-state index contributed by atoms with van der Waals surface area (Å²) in [5, 5.41) is 6.93. The van der Waals surface area contributed by atoms with Crippen molar-refractivity contribution in [3.8, 4) is 0 Å². The number of amidine groups is 2. The van der Waals surface area contributed by atoms with Gasteiger partial charge in [0.25, 0.3) is 0 Å². The van der Waals surface area contributed by atoms with Gasteiger partial charge in [-0.1, -0.05) is 48.5 Å². The molecule has 2 unspecified atom stereocenters. The molecule has 2 saturated heterocycles. The highest BCUT2D eigenvalue weighted by molar-refractivity contribution is 6.00. The van der Waals surface area contributed by atoms with Crippen molar-refractivity contribution in [2.45, 2.75) is 64.7 Å². The number of nitrogens with one attached hydrogen (secondary N) is 2. The summed E-state index contributed by atoms with van der Waals surface area (Å²) < 4.78 is 0. The standard InChI is InChI=1S/C32H44N6.ClH/c1-23-19-33-31(35-23)29-7-3-25(4-8-29)21-37-15-11-27(12-16-37)28-13-17-38(18-14-28)22-26-5-9-30(10-6-26)32-34-20-24(2)36-32;/h3-10,23-24,27-28H,11-22H2,1-2H3,(H,33,35)(H,34,36);1H. The second-order valence-electron chi connectivity index (χ2n) is 12.1. The molecule has 2 aromatic rings. The van der Waals surface area contributed by atoms with Gasteiger partial charge in [0.05, 0.1) is 13.1 Å². The maximum Gasteiger partial charge on any atom is 0.128 e. The number of aliphatic imine (C=N–C) groups is 2. The zero-order valence-electron chi connectivity index (χ0n) is 23.6. The lowest BCUT2D eigenvalue weighted by atomic mass is 9.78. The molecule has 6 rings (SSSR count). The number of benzene rings is 2. The van der Waals surface area contributed by atoms with Gasteiger partial charge in [0, 0.05) is 36.3 Å². The molecule has 4 heterocycles. The highest BCUT2D eigenvalue weighted by atomic mass is 35.5. The van der Waals surface area contributed by atoms with E-state index in [0.717, 1.165) is 49.7 Å². The first-order chi connectivity index (χ1) is 18.6. The van der Waals surface area contributed by atoms with Gasteiger partial charge in [-0.3, -0.25) is 19.8 Å². The summed E-state index contributed by atoms with van der Waals surface area (Å²) in [4.78, 5) is 14.5. The largest absolute Gasteiger partial charge is 0.366 e. The van der Waals surface area contributed by atoms with Gasteiger partial charge in [-0.2, -0.15) is 0 Å². The van der Waals surface area contributed by atoms with Crippen LogP contribution in [0.5, 0.6) is 0 Å². The molecule has 7 heteroatoms. The van der Waals surface area contributed by atoms with E-state index in [1.807, 2.05) is 0 Å². The van der Waals surface area contributed by atoms with Crippen molar-refractivity contribution in [3.63, 3.8) is 0 Å². The van der Waals surface area contributed by atoms with Crippen molar-refractivity contribution >= 4 is 24.1 Å². The molecular weight excluding hydrogens is 504 g/mol. The summed E-state index contributed by atoms with van der Waals surface area (Å²) >= 11 is 0.